The lowest BCUT2D eigenvalue weighted by atomic mass is 9.66. The Morgan fingerprint density at radius 1 is 1.38 bits per heavy atom. The molecule has 0 aromatic carbocycles. The first-order valence-electron chi connectivity index (χ1n) is 7.89. The zero-order valence-corrected chi connectivity index (χ0v) is 16.1. The molecule has 132 valence electrons. The van der Waals surface area contributed by atoms with E-state index >= 15 is 0 Å². The quantitative estimate of drug-likeness (QED) is 0.428. The van der Waals surface area contributed by atoms with Gasteiger partial charge in [-0.25, -0.2) is 4.98 Å². The summed E-state index contributed by atoms with van der Waals surface area (Å²) in [5, 5.41) is 0. The van der Waals surface area contributed by atoms with E-state index in [9.17, 15) is 9.18 Å². The molecule has 2 rings (SSSR count). The fourth-order valence-corrected chi connectivity index (χ4v) is 2.85. The van der Waals surface area contributed by atoms with Gasteiger partial charge in [-0.1, -0.05) is 0 Å². The number of nitrogens with zero attached hydrogens (tertiary/aromatic N) is 1. The first-order valence-corrected chi connectivity index (χ1v) is 8.69. The summed E-state index contributed by atoms with van der Waals surface area (Å²) in [6.07, 6.45) is 1.31. The monoisotopic (exact) mass is 401 g/mol. The third-order valence-electron chi connectivity index (χ3n) is 4.52. The number of carbonyl (C=O) groups excluding carboxylic acids is 1. The molecule has 0 saturated carbocycles. The average Bonchev–Trinajstić information content (AvgIpc) is 2.68. The summed E-state index contributed by atoms with van der Waals surface area (Å²) in [6.45, 7) is 9.61. The number of hydrogen-bond acceptors (Lipinski definition) is 5. The van der Waals surface area contributed by atoms with E-state index in [1.807, 2.05) is 27.7 Å². The van der Waals surface area contributed by atoms with Gasteiger partial charge in [0.15, 0.2) is 0 Å². The van der Waals surface area contributed by atoms with Crippen molar-refractivity contribution in [3.8, 4) is 0 Å². The van der Waals surface area contributed by atoms with Gasteiger partial charge in [0, 0.05) is 22.1 Å². The number of esters is 1. The van der Waals surface area contributed by atoms with Crippen LogP contribution in [0.25, 0.3) is 0 Å². The molecule has 1 aromatic rings. The minimum Gasteiger partial charge on any atom is -0.466 e. The Morgan fingerprint density at radius 3 is 2.50 bits per heavy atom. The van der Waals surface area contributed by atoms with Crippen LogP contribution in [0.15, 0.2) is 16.7 Å². The topological polar surface area (TPSA) is 57.7 Å². The van der Waals surface area contributed by atoms with Gasteiger partial charge >= 0.3 is 13.1 Å². The van der Waals surface area contributed by atoms with E-state index in [1.54, 1.807) is 13.0 Å². The lowest BCUT2D eigenvalue weighted by Crippen LogP contribution is -2.41. The van der Waals surface area contributed by atoms with E-state index in [2.05, 4.69) is 20.9 Å². The molecule has 5 nitrogen and oxygen atoms in total. The minimum atomic E-state index is -0.773. The second-order valence-corrected chi connectivity index (χ2v) is 7.69. The molecule has 0 spiro atoms. The van der Waals surface area contributed by atoms with Crippen LogP contribution in [0.2, 0.25) is 0 Å². The molecule has 0 amide bonds. The maximum atomic E-state index is 14.3. The number of pyridine rings is 1. The molecule has 1 atom stereocenters. The van der Waals surface area contributed by atoms with Crippen LogP contribution >= 0.6 is 15.9 Å². The fraction of sp³-hybridized carbons (Fsp3) is 0.625. The van der Waals surface area contributed by atoms with Gasteiger partial charge in [0.05, 0.1) is 24.2 Å². The molecular formula is C16H22BBrFNO4. The first kappa shape index (κ1) is 19.3. The highest BCUT2D eigenvalue weighted by Crippen LogP contribution is 2.42. The number of hydrogen-bond donors (Lipinski definition) is 0. The predicted molar refractivity (Wildman–Crippen MR) is 92.0 cm³/mol. The molecule has 1 unspecified atom stereocenters. The smallest absolute Gasteiger partial charge is 0.466 e. The molecule has 24 heavy (non-hydrogen) atoms. The van der Waals surface area contributed by atoms with Crippen LogP contribution in [-0.2, 0) is 18.8 Å². The molecule has 1 fully saturated rings. The van der Waals surface area contributed by atoms with Crippen molar-refractivity contribution in [2.24, 2.45) is 0 Å². The molecule has 0 radical (unpaired) electrons. The summed E-state index contributed by atoms with van der Waals surface area (Å²) in [7, 11) is -0.773. The number of aromatic nitrogens is 1. The number of carbonyl (C=O) groups is 1. The van der Waals surface area contributed by atoms with Crippen molar-refractivity contribution in [1.29, 1.82) is 0 Å². The maximum absolute atomic E-state index is 14.3. The van der Waals surface area contributed by atoms with E-state index in [1.165, 1.54) is 6.20 Å². The van der Waals surface area contributed by atoms with Crippen molar-refractivity contribution in [1.82, 2.24) is 4.98 Å². The van der Waals surface area contributed by atoms with Crippen LogP contribution in [-0.4, -0.2) is 35.9 Å². The van der Waals surface area contributed by atoms with Crippen LogP contribution in [0, 0.1) is 5.95 Å². The molecule has 1 saturated heterocycles. The van der Waals surface area contributed by atoms with Gasteiger partial charge < -0.3 is 14.0 Å². The Labute approximate surface area is 150 Å². The SMILES string of the molecule is CCOC(=O)CC(B1OC(C)(C)C(C)(C)O1)c1cc(Br)cnc1F. The lowest BCUT2D eigenvalue weighted by molar-refractivity contribution is -0.143. The lowest BCUT2D eigenvalue weighted by Gasteiger charge is -2.32. The van der Waals surface area contributed by atoms with Gasteiger partial charge in [-0.05, 0) is 56.6 Å². The molecule has 1 aromatic heterocycles. The van der Waals surface area contributed by atoms with E-state index in [0.717, 1.165) is 0 Å². The first-order chi connectivity index (χ1) is 11.1. The normalized spacial score (nSPS) is 20.0. The summed E-state index contributed by atoms with van der Waals surface area (Å²) in [4.78, 5) is 15.7. The highest BCUT2D eigenvalue weighted by molar-refractivity contribution is 9.10. The summed E-state index contributed by atoms with van der Waals surface area (Å²) < 4.78 is 32.0. The molecule has 0 bridgehead atoms. The summed E-state index contributed by atoms with van der Waals surface area (Å²) in [5.74, 6) is -1.74. The predicted octanol–water partition coefficient (Wildman–Crippen LogP) is 3.65. The fourth-order valence-electron chi connectivity index (χ4n) is 2.50. The summed E-state index contributed by atoms with van der Waals surface area (Å²) in [6, 6.07) is 1.59. The minimum absolute atomic E-state index is 0.0558. The van der Waals surface area contributed by atoms with Crippen LogP contribution in [0.4, 0.5) is 4.39 Å². The van der Waals surface area contributed by atoms with Gasteiger partial charge in [0.2, 0.25) is 5.95 Å². The highest BCUT2D eigenvalue weighted by Gasteiger charge is 2.54. The van der Waals surface area contributed by atoms with Crippen molar-refractivity contribution in [3.05, 3.63) is 28.2 Å². The van der Waals surface area contributed by atoms with E-state index in [-0.39, 0.29) is 18.6 Å². The maximum Gasteiger partial charge on any atom is 0.466 e. The van der Waals surface area contributed by atoms with Crippen LogP contribution < -0.4 is 0 Å². The van der Waals surface area contributed by atoms with Gasteiger partial charge in [-0.2, -0.15) is 4.39 Å². The van der Waals surface area contributed by atoms with E-state index in [0.29, 0.717) is 4.47 Å². The van der Waals surface area contributed by atoms with Crippen molar-refractivity contribution < 1.29 is 23.2 Å². The van der Waals surface area contributed by atoms with Gasteiger partial charge in [0.1, 0.15) is 0 Å². The van der Waals surface area contributed by atoms with Crippen molar-refractivity contribution in [2.75, 3.05) is 6.61 Å². The zero-order valence-electron chi connectivity index (χ0n) is 14.6. The Hall–Kier alpha value is -0.985. The van der Waals surface area contributed by atoms with Crippen molar-refractivity contribution in [3.63, 3.8) is 0 Å². The Bertz CT molecular complexity index is 610. The number of halogens is 2. The second-order valence-electron chi connectivity index (χ2n) is 6.77. The van der Waals surface area contributed by atoms with Gasteiger partial charge in [-0.3, -0.25) is 4.79 Å². The largest absolute Gasteiger partial charge is 0.466 e. The molecule has 0 aliphatic carbocycles. The van der Waals surface area contributed by atoms with E-state index in [4.69, 9.17) is 14.0 Å². The average molecular weight is 402 g/mol. The molecular weight excluding hydrogens is 380 g/mol. The molecule has 2 heterocycles. The molecule has 1 aliphatic rings. The van der Waals surface area contributed by atoms with Gasteiger partial charge in [0.25, 0.3) is 0 Å². The molecule has 8 heteroatoms. The highest BCUT2D eigenvalue weighted by atomic mass is 79.9. The molecule has 1 aliphatic heterocycles. The number of ether oxygens (including phenoxy) is 1. The second kappa shape index (κ2) is 7.10. The van der Waals surface area contributed by atoms with Gasteiger partial charge in [-0.15, -0.1) is 0 Å². The molecule has 0 N–H and O–H groups in total. The van der Waals surface area contributed by atoms with Crippen LogP contribution in [0.3, 0.4) is 0 Å². The van der Waals surface area contributed by atoms with E-state index < -0.39 is 36.1 Å². The van der Waals surface area contributed by atoms with Crippen molar-refractivity contribution in [2.45, 2.75) is 58.1 Å². The third kappa shape index (κ3) is 3.98. The van der Waals surface area contributed by atoms with Crippen LogP contribution in [0.5, 0.6) is 0 Å². The van der Waals surface area contributed by atoms with Crippen molar-refractivity contribution >= 4 is 29.0 Å². The Balaban J connectivity index is 2.37. The van der Waals surface area contributed by atoms with Crippen LogP contribution in [0.1, 0.15) is 52.4 Å². The Morgan fingerprint density at radius 2 is 1.96 bits per heavy atom. The Kier molecular flexibility index (Phi) is 5.72. The number of rotatable bonds is 5. The summed E-state index contributed by atoms with van der Waals surface area (Å²) in [5.41, 5.74) is -0.906. The zero-order chi connectivity index (χ0) is 18.1. The third-order valence-corrected chi connectivity index (χ3v) is 4.96. The standard InChI is InChI=1S/C16H22BBrFNO4/c1-6-22-13(21)8-12(11-7-10(18)9-20-14(11)19)17-23-15(2,3)16(4,5)24-17/h7,9,12H,6,8H2,1-5H3. The summed E-state index contributed by atoms with van der Waals surface area (Å²) >= 11 is 3.29.